The molecule has 0 saturated heterocycles. The molecule has 0 aliphatic carbocycles. The van der Waals surface area contributed by atoms with E-state index in [1.807, 2.05) is 0 Å². The zero-order valence-corrected chi connectivity index (χ0v) is 12.4. The van der Waals surface area contributed by atoms with Gasteiger partial charge in [-0.2, -0.15) is 0 Å². The number of nitrogens with zero attached hydrogens (tertiary/aromatic N) is 1. The summed E-state index contributed by atoms with van der Waals surface area (Å²) >= 11 is 8.98. The molecule has 4 nitrogen and oxygen atoms in total. The SMILES string of the molecule is O=[N+]([O-])c1cccc(CNc2cc(Cl)ccc2F)c1Br. The number of rotatable bonds is 4. The number of benzene rings is 2. The molecule has 104 valence electrons. The third-order valence-electron chi connectivity index (χ3n) is 2.65. The lowest BCUT2D eigenvalue weighted by Gasteiger charge is -2.09. The van der Waals surface area contributed by atoms with Crippen LogP contribution in [-0.2, 0) is 6.54 Å². The maximum Gasteiger partial charge on any atom is 0.283 e. The molecule has 0 aliphatic heterocycles. The molecule has 0 amide bonds. The first kappa shape index (κ1) is 14.7. The van der Waals surface area contributed by atoms with E-state index < -0.39 is 10.7 Å². The molecule has 0 unspecified atom stereocenters. The van der Waals surface area contributed by atoms with E-state index in [9.17, 15) is 14.5 Å². The van der Waals surface area contributed by atoms with E-state index in [0.717, 1.165) is 0 Å². The summed E-state index contributed by atoms with van der Waals surface area (Å²) in [5.74, 6) is -0.434. The van der Waals surface area contributed by atoms with Gasteiger partial charge in [-0.3, -0.25) is 10.1 Å². The molecular weight excluding hydrogens is 351 g/mol. The highest BCUT2D eigenvalue weighted by molar-refractivity contribution is 9.10. The Balaban J connectivity index is 2.21. The average molecular weight is 360 g/mol. The number of nitro benzene ring substituents is 1. The van der Waals surface area contributed by atoms with Gasteiger partial charge in [0, 0.05) is 17.6 Å². The molecule has 2 rings (SSSR count). The van der Waals surface area contributed by atoms with E-state index in [-0.39, 0.29) is 17.9 Å². The number of nitrogens with one attached hydrogen (secondary N) is 1. The number of hydrogen-bond acceptors (Lipinski definition) is 3. The predicted molar refractivity (Wildman–Crippen MR) is 79.5 cm³/mol. The van der Waals surface area contributed by atoms with E-state index in [1.54, 1.807) is 12.1 Å². The smallest absolute Gasteiger partial charge is 0.283 e. The maximum atomic E-state index is 13.5. The molecule has 2 aromatic carbocycles. The summed E-state index contributed by atoms with van der Waals surface area (Å²) in [6.07, 6.45) is 0. The fraction of sp³-hybridized carbons (Fsp3) is 0.0769. The molecule has 0 aliphatic rings. The minimum Gasteiger partial charge on any atom is -0.379 e. The Bertz CT molecular complexity index is 667. The van der Waals surface area contributed by atoms with Crippen LogP contribution in [-0.4, -0.2) is 4.92 Å². The van der Waals surface area contributed by atoms with Crippen LogP contribution in [0.4, 0.5) is 15.8 Å². The number of nitro groups is 1. The first-order valence-corrected chi connectivity index (χ1v) is 6.77. The predicted octanol–water partition coefficient (Wildman–Crippen LogP) is 4.76. The molecule has 0 spiro atoms. The molecule has 0 saturated carbocycles. The Kier molecular flexibility index (Phi) is 4.57. The van der Waals surface area contributed by atoms with Gasteiger partial charge in [-0.15, -0.1) is 0 Å². The van der Waals surface area contributed by atoms with Crippen molar-refractivity contribution in [2.45, 2.75) is 6.54 Å². The van der Waals surface area contributed by atoms with Crippen molar-refractivity contribution < 1.29 is 9.31 Å². The fourth-order valence-electron chi connectivity index (χ4n) is 1.67. The summed E-state index contributed by atoms with van der Waals surface area (Å²) < 4.78 is 13.9. The summed E-state index contributed by atoms with van der Waals surface area (Å²) in [7, 11) is 0. The molecule has 1 N–H and O–H groups in total. The third kappa shape index (κ3) is 3.26. The van der Waals surface area contributed by atoms with E-state index in [1.165, 1.54) is 24.3 Å². The topological polar surface area (TPSA) is 55.2 Å². The van der Waals surface area contributed by atoms with Gasteiger partial charge in [0.05, 0.1) is 10.6 Å². The number of hydrogen-bond donors (Lipinski definition) is 1. The summed E-state index contributed by atoms with van der Waals surface area (Å²) in [5, 5.41) is 14.1. The van der Waals surface area contributed by atoms with Crippen molar-refractivity contribution in [2.24, 2.45) is 0 Å². The number of anilines is 1. The van der Waals surface area contributed by atoms with Crippen molar-refractivity contribution >= 4 is 38.9 Å². The van der Waals surface area contributed by atoms with Gasteiger partial charge in [0.1, 0.15) is 10.3 Å². The van der Waals surface area contributed by atoms with Crippen LogP contribution in [0, 0.1) is 15.9 Å². The van der Waals surface area contributed by atoms with Crippen LogP contribution in [0.2, 0.25) is 5.02 Å². The van der Waals surface area contributed by atoms with Gasteiger partial charge >= 0.3 is 0 Å². The Labute approximate surface area is 127 Å². The largest absolute Gasteiger partial charge is 0.379 e. The molecular formula is C13H9BrClFN2O2. The Morgan fingerprint density at radius 2 is 2.10 bits per heavy atom. The standard InChI is InChI=1S/C13H9BrClFN2O2/c14-13-8(2-1-3-12(13)18(19)20)7-17-11-6-9(15)4-5-10(11)16/h1-6,17H,7H2. The molecule has 2 aromatic rings. The van der Waals surface area contributed by atoms with Crippen LogP contribution < -0.4 is 5.32 Å². The van der Waals surface area contributed by atoms with Crippen LogP contribution in [0.3, 0.4) is 0 Å². The summed E-state index contributed by atoms with van der Waals surface area (Å²) in [6, 6.07) is 8.86. The van der Waals surface area contributed by atoms with Gasteiger partial charge in [0.25, 0.3) is 5.69 Å². The van der Waals surface area contributed by atoms with Gasteiger partial charge in [-0.25, -0.2) is 4.39 Å². The van der Waals surface area contributed by atoms with Crippen molar-refractivity contribution in [3.05, 3.63) is 67.4 Å². The quantitative estimate of drug-likeness (QED) is 0.632. The van der Waals surface area contributed by atoms with Crippen LogP contribution in [0.1, 0.15) is 5.56 Å². The first-order chi connectivity index (χ1) is 9.49. The molecule has 0 aromatic heterocycles. The second kappa shape index (κ2) is 6.19. The fourth-order valence-corrected chi connectivity index (χ4v) is 2.39. The lowest BCUT2D eigenvalue weighted by molar-refractivity contribution is -0.385. The molecule has 0 atom stereocenters. The Hall–Kier alpha value is -1.66. The highest BCUT2D eigenvalue weighted by Gasteiger charge is 2.14. The van der Waals surface area contributed by atoms with Crippen molar-refractivity contribution in [3.8, 4) is 0 Å². The minimum atomic E-state index is -0.479. The van der Waals surface area contributed by atoms with Gasteiger partial charge in [-0.1, -0.05) is 23.7 Å². The van der Waals surface area contributed by atoms with Crippen LogP contribution in [0.15, 0.2) is 40.9 Å². The maximum absolute atomic E-state index is 13.5. The normalized spacial score (nSPS) is 10.3. The third-order valence-corrected chi connectivity index (χ3v) is 3.80. The highest BCUT2D eigenvalue weighted by Crippen LogP contribution is 2.29. The second-order valence-electron chi connectivity index (χ2n) is 3.99. The van der Waals surface area contributed by atoms with Crippen molar-refractivity contribution in [1.29, 1.82) is 0 Å². The molecule has 0 heterocycles. The molecule has 0 fully saturated rings. The first-order valence-electron chi connectivity index (χ1n) is 5.59. The lowest BCUT2D eigenvalue weighted by Crippen LogP contribution is -2.03. The summed E-state index contributed by atoms with van der Waals surface area (Å²) in [5.41, 5.74) is 0.866. The Morgan fingerprint density at radius 1 is 1.35 bits per heavy atom. The van der Waals surface area contributed by atoms with Crippen LogP contribution >= 0.6 is 27.5 Å². The molecule has 7 heteroatoms. The van der Waals surface area contributed by atoms with E-state index in [2.05, 4.69) is 21.2 Å². The van der Waals surface area contributed by atoms with E-state index in [4.69, 9.17) is 11.6 Å². The van der Waals surface area contributed by atoms with Crippen LogP contribution in [0.25, 0.3) is 0 Å². The average Bonchev–Trinajstić information content (AvgIpc) is 2.41. The molecule has 0 radical (unpaired) electrons. The van der Waals surface area contributed by atoms with Gasteiger partial charge in [0.15, 0.2) is 0 Å². The Morgan fingerprint density at radius 3 is 2.80 bits per heavy atom. The zero-order valence-electron chi connectivity index (χ0n) is 10.1. The van der Waals surface area contributed by atoms with Gasteiger partial charge in [-0.05, 0) is 39.7 Å². The van der Waals surface area contributed by atoms with Crippen LogP contribution in [0.5, 0.6) is 0 Å². The summed E-state index contributed by atoms with van der Waals surface area (Å²) in [4.78, 5) is 10.3. The number of halogens is 3. The molecule has 20 heavy (non-hydrogen) atoms. The highest BCUT2D eigenvalue weighted by atomic mass is 79.9. The molecule has 0 bridgehead atoms. The van der Waals surface area contributed by atoms with E-state index in [0.29, 0.717) is 15.1 Å². The van der Waals surface area contributed by atoms with Crippen molar-refractivity contribution in [1.82, 2.24) is 0 Å². The van der Waals surface area contributed by atoms with Crippen molar-refractivity contribution in [3.63, 3.8) is 0 Å². The van der Waals surface area contributed by atoms with Gasteiger partial charge < -0.3 is 5.32 Å². The second-order valence-corrected chi connectivity index (χ2v) is 5.21. The minimum absolute atomic E-state index is 0.0316. The zero-order chi connectivity index (χ0) is 14.7. The van der Waals surface area contributed by atoms with Gasteiger partial charge in [0.2, 0.25) is 0 Å². The van der Waals surface area contributed by atoms with Crippen molar-refractivity contribution in [2.75, 3.05) is 5.32 Å². The lowest BCUT2D eigenvalue weighted by atomic mass is 10.2. The summed E-state index contributed by atoms with van der Waals surface area (Å²) in [6.45, 7) is 0.236. The van der Waals surface area contributed by atoms with E-state index >= 15 is 0 Å². The monoisotopic (exact) mass is 358 g/mol.